The zero-order valence-electron chi connectivity index (χ0n) is 11.0. The Hall–Kier alpha value is -2.46. The topological polar surface area (TPSA) is 43.1 Å². The summed E-state index contributed by atoms with van der Waals surface area (Å²) < 4.78 is 13.4. The van der Waals surface area contributed by atoms with Crippen molar-refractivity contribution in [3.8, 4) is 11.1 Å². The van der Waals surface area contributed by atoms with Crippen molar-refractivity contribution >= 4 is 22.1 Å². The van der Waals surface area contributed by atoms with Crippen molar-refractivity contribution in [2.45, 2.75) is 0 Å². The average Bonchev–Trinajstić information content (AvgIpc) is 2.89. The Balaban J connectivity index is 2.12. The van der Waals surface area contributed by atoms with Gasteiger partial charge in [-0.2, -0.15) is 0 Å². The molecule has 2 nitrogen and oxygen atoms in total. The van der Waals surface area contributed by atoms with Gasteiger partial charge in [0.25, 0.3) is 0 Å². The number of hydrogen-bond acceptors (Lipinski definition) is 3. The van der Waals surface area contributed by atoms with Crippen molar-refractivity contribution in [3.05, 3.63) is 76.9 Å². The van der Waals surface area contributed by atoms with Gasteiger partial charge in [-0.25, -0.2) is 4.39 Å². The zero-order valence-corrected chi connectivity index (χ0v) is 11.9. The van der Waals surface area contributed by atoms with Crippen LogP contribution in [-0.2, 0) is 0 Å². The Labute approximate surface area is 125 Å². The fourth-order valence-corrected chi connectivity index (χ4v) is 3.03. The third-order valence-corrected chi connectivity index (χ3v) is 4.03. The maximum absolute atomic E-state index is 13.4. The molecular formula is C17H12FNOS. The van der Waals surface area contributed by atoms with E-state index in [1.807, 2.05) is 6.07 Å². The molecule has 4 heteroatoms. The van der Waals surface area contributed by atoms with Gasteiger partial charge in [0.05, 0.1) is 10.6 Å². The summed E-state index contributed by atoms with van der Waals surface area (Å²) in [5.41, 5.74) is 8.30. The Morgan fingerprint density at radius 2 is 1.81 bits per heavy atom. The molecule has 104 valence electrons. The number of ketones is 1. The molecule has 0 bridgehead atoms. The monoisotopic (exact) mass is 297 g/mol. The van der Waals surface area contributed by atoms with Gasteiger partial charge in [0.1, 0.15) is 5.82 Å². The Morgan fingerprint density at radius 3 is 2.52 bits per heavy atom. The molecular weight excluding hydrogens is 285 g/mol. The highest BCUT2D eigenvalue weighted by atomic mass is 32.1. The van der Waals surface area contributed by atoms with Gasteiger partial charge in [-0.3, -0.25) is 4.79 Å². The predicted octanol–water partition coefficient (Wildman–Crippen LogP) is 4.37. The first-order chi connectivity index (χ1) is 10.2. The largest absolute Gasteiger partial charge is 0.390 e. The molecule has 0 aliphatic rings. The Morgan fingerprint density at radius 1 is 1.05 bits per heavy atom. The van der Waals surface area contributed by atoms with E-state index in [9.17, 15) is 9.18 Å². The van der Waals surface area contributed by atoms with Crippen molar-refractivity contribution in [1.82, 2.24) is 0 Å². The van der Waals surface area contributed by atoms with Gasteiger partial charge in [0.15, 0.2) is 5.78 Å². The number of thiophene rings is 1. The Bertz CT molecular complexity index is 796. The lowest BCUT2D eigenvalue weighted by molar-refractivity contribution is 0.104. The molecule has 0 saturated carbocycles. The summed E-state index contributed by atoms with van der Waals surface area (Å²) in [6.45, 7) is 0. The molecule has 0 radical (unpaired) electrons. The maximum Gasteiger partial charge on any atom is 0.196 e. The summed E-state index contributed by atoms with van der Waals surface area (Å²) in [6, 6.07) is 15.1. The molecule has 3 rings (SSSR count). The van der Waals surface area contributed by atoms with Gasteiger partial charge >= 0.3 is 0 Å². The summed E-state index contributed by atoms with van der Waals surface area (Å²) in [5, 5.41) is 2.24. The van der Waals surface area contributed by atoms with Crippen molar-refractivity contribution in [2.24, 2.45) is 0 Å². The van der Waals surface area contributed by atoms with Gasteiger partial charge < -0.3 is 5.73 Å². The first-order valence-corrected chi connectivity index (χ1v) is 7.27. The number of carbonyl (C=O) groups is 1. The quantitative estimate of drug-likeness (QED) is 0.730. The van der Waals surface area contributed by atoms with Crippen molar-refractivity contribution in [1.29, 1.82) is 0 Å². The molecule has 0 amide bonds. The number of benzene rings is 2. The van der Waals surface area contributed by atoms with E-state index in [-0.39, 0.29) is 11.6 Å². The van der Waals surface area contributed by atoms with Crippen molar-refractivity contribution in [2.75, 3.05) is 5.73 Å². The lowest BCUT2D eigenvalue weighted by Gasteiger charge is -2.05. The van der Waals surface area contributed by atoms with Crippen LogP contribution in [0.4, 0.5) is 9.39 Å². The van der Waals surface area contributed by atoms with Gasteiger partial charge in [-0.15, -0.1) is 11.3 Å². The second-order valence-electron chi connectivity index (χ2n) is 4.59. The van der Waals surface area contributed by atoms with Crippen LogP contribution in [0.1, 0.15) is 15.9 Å². The van der Waals surface area contributed by atoms with Crippen LogP contribution in [0, 0.1) is 5.82 Å². The molecule has 21 heavy (non-hydrogen) atoms. The average molecular weight is 297 g/mol. The predicted molar refractivity (Wildman–Crippen MR) is 84.0 cm³/mol. The Kier molecular flexibility index (Phi) is 3.54. The van der Waals surface area contributed by atoms with Crippen LogP contribution in [0.5, 0.6) is 0 Å². The third kappa shape index (κ3) is 2.58. The normalized spacial score (nSPS) is 10.5. The SMILES string of the molecule is Nc1scc(-c2cccc(F)c2)c1C(=O)c1ccccc1. The number of nitrogens with two attached hydrogens (primary N) is 1. The smallest absolute Gasteiger partial charge is 0.196 e. The molecule has 0 fully saturated rings. The fraction of sp³-hybridized carbons (Fsp3) is 0. The number of nitrogen functional groups attached to an aromatic ring is 1. The molecule has 2 aromatic carbocycles. The molecule has 1 heterocycles. The minimum atomic E-state index is -0.338. The number of carbonyl (C=O) groups excluding carboxylic acids is 1. The van der Waals surface area contributed by atoms with Crippen LogP contribution in [0.15, 0.2) is 60.0 Å². The van der Waals surface area contributed by atoms with E-state index < -0.39 is 0 Å². The van der Waals surface area contributed by atoms with E-state index in [2.05, 4.69) is 0 Å². The molecule has 2 N–H and O–H groups in total. The zero-order chi connectivity index (χ0) is 14.8. The van der Waals surface area contributed by atoms with Crippen LogP contribution >= 0.6 is 11.3 Å². The van der Waals surface area contributed by atoms with Crippen molar-refractivity contribution in [3.63, 3.8) is 0 Å². The third-order valence-electron chi connectivity index (χ3n) is 3.22. The highest BCUT2D eigenvalue weighted by Crippen LogP contribution is 2.35. The molecule has 0 spiro atoms. The lowest BCUT2D eigenvalue weighted by atomic mass is 9.97. The standard InChI is InChI=1S/C17H12FNOS/c18-13-8-4-7-12(9-13)14-10-21-17(19)15(14)16(20)11-5-2-1-3-6-11/h1-10H,19H2. The summed E-state index contributed by atoms with van der Waals surface area (Å²) in [7, 11) is 0. The summed E-state index contributed by atoms with van der Waals surface area (Å²) >= 11 is 1.29. The van der Waals surface area contributed by atoms with Crippen LogP contribution in [0.3, 0.4) is 0 Å². The van der Waals surface area contributed by atoms with E-state index in [0.717, 1.165) is 0 Å². The second kappa shape index (κ2) is 5.50. The first-order valence-electron chi connectivity index (χ1n) is 6.39. The molecule has 0 saturated heterocycles. The number of anilines is 1. The van der Waals surface area contributed by atoms with E-state index in [4.69, 9.17) is 5.73 Å². The van der Waals surface area contributed by atoms with Crippen LogP contribution in [-0.4, -0.2) is 5.78 Å². The first kappa shape index (κ1) is 13.5. The van der Waals surface area contributed by atoms with Gasteiger partial charge in [0.2, 0.25) is 0 Å². The lowest BCUT2D eigenvalue weighted by Crippen LogP contribution is -2.04. The molecule has 0 atom stereocenters. The summed E-state index contributed by atoms with van der Waals surface area (Å²) in [6.07, 6.45) is 0. The number of halogens is 1. The maximum atomic E-state index is 13.4. The van der Waals surface area contributed by atoms with Crippen LogP contribution < -0.4 is 5.73 Å². The molecule has 0 aliphatic carbocycles. The van der Waals surface area contributed by atoms with E-state index >= 15 is 0 Å². The number of hydrogen-bond donors (Lipinski definition) is 1. The highest BCUT2D eigenvalue weighted by Gasteiger charge is 2.20. The summed E-state index contributed by atoms with van der Waals surface area (Å²) in [4.78, 5) is 12.6. The molecule has 1 aromatic heterocycles. The van der Waals surface area contributed by atoms with E-state index in [1.165, 1.54) is 23.5 Å². The molecule has 0 unspecified atom stereocenters. The minimum absolute atomic E-state index is 0.145. The summed E-state index contributed by atoms with van der Waals surface area (Å²) in [5.74, 6) is -0.482. The second-order valence-corrected chi connectivity index (χ2v) is 5.51. The fourth-order valence-electron chi connectivity index (χ4n) is 2.21. The van der Waals surface area contributed by atoms with E-state index in [1.54, 1.807) is 41.8 Å². The van der Waals surface area contributed by atoms with Crippen LogP contribution in [0.25, 0.3) is 11.1 Å². The van der Waals surface area contributed by atoms with Gasteiger partial charge in [-0.1, -0.05) is 42.5 Å². The van der Waals surface area contributed by atoms with E-state index in [0.29, 0.717) is 27.3 Å². The minimum Gasteiger partial charge on any atom is -0.390 e. The van der Waals surface area contributed by atoms with Gasteiger partial charge in [-0.05, 0) is 17.7 Å². The molecule has 3 aromatic rings. The van der Waals surface area contributed by atoms with Gasteiger partial charge in [0, 0.05) is 16.5 Å². The van der Waals surface area contributed by atoms with Crippen molar-refractivity contribution < 1.29 is 9.18 Å². The van der Waals surface area contributed by atoms with Crippen LogP contribution in [0.2, 0.25) is 0 Å². The molecule has 0 aliphatic heterocycles. The highest BCUT2D eigenvalue weighted by molar-refractivity contribution is 7.15. The number of rotatable bonds is 3.